The quantitative estimate of drug-likeness (QED) is 0.807. The topological polar surface area (TPSA) is 92.5 Å². The van der Waals surface area contributed by atoms with Gasteiger partial charge in [0.05, 0.1) is 17.1 Å². The summed E-state index contributed by atoms with van der Waals surface area (Å²) in [6.45, 7) is 4.14. The molecule has 0 atom stereocenters. The first-order valence-electron chi connectivity index (χ1n) is 7.93. The van der Waals surface area contributed by atoms with Crippen LogP contribution >= 0.6 is 0 Å². The molecule has 25 heavy (non-hydrogen) atoms. The molecule has 8 heteroatoms. The Bertz CT molecular complexity index is 822. The van der Waals surface area contributed by atoms with Crippen LogP contribution in [0.5, 0.6) is 0 Å². The Morgan fingerprint density at radius 3 is 2.40 bits per heavy atom. The third kappa shape index (κ3) is 4.67. The zero-order valence-corrected chi connectivity index (χ0v) is 15.7. The molecule has 2 aromatic rings. The molecule has 136 valence electrons. The number of hydrogen-bond donors (Lipinski definition) is 1. The number of hydrogen-bond acceptors (Lipinski definition) is 5. The minimum absolute atomic E-state index is 0.00641. The predicted octanol–water partition coefficient (Wildman–Crippen LogP) is 1.79. The smallest absolute Gasteiger partial charge is 0.240 e. The molecule has 0 aliphatic carbocycles. The van der Waals surface area contributed by atoms with Crippen LogP contribution in [0.1, 0.15) is 29.0 Å². The number of nitrogens with zero attached hydrogens (tertiary/aromatic N) is 2. The SMILES string of the molecule is CNS(=O)(=O)c1ccc(CCC(=O)N(C)Cc2c(C)noc2C)cc1. The van der Waals surface area contributed by atoms with E-state index < -0.39 is 10.0 Å². The van der Waals surface area contributed by atoms with Gasteiger partial charge in [0, 0.05) is 19.0 Å². The molecule has 0 fully saturated rings. The first-order chi connectivity index (χ1) is 11.7. The predicted molar refractivity (Wildman–Crippen MR) is 93.5 cm³/mol. The molecule has 0 saturated heterocycles. The molecule has 0 unspecified atom stereocenters. The van der Waals surface area contributed by atoms with E-state index in [1.165, 1.54) is 7.05 Å². The van der Waals surface area contributed by atoms with Gasteiger partial charge in [0.2, 0.25) is 15.9 Å². The molecule has 0 saturated carbocycles. The Morgan fingerprint density at radius 1 is 1.24 bits per heavy atom. The van der Waals surface area contributed by atoms with E-state index in [2.05, 4.69) is 9.88 Å². The largest absolute Gasteiger partial charge is 0.361 e. The fraction of sp³-hybridized carbons (Fsp3) is 0.412. The Morgan fingerprint density at radius 2 is 1.88 bits per heavy atom. The van der Waals surface area contributed by atoms with Crippen LogP contribution in [-0.4, -0.2) is 38.5 Å². The summed E-state index contributed by atoms with van der Waals surface area (Å²) in [6.07, 6.45) is 0.892. The Balaban J connectivity index is 1.93. The molecule has 1 N–H and O–H groups in total. The van der Waals surface area contributed by atoms with E-state index in [4.69, 9.17) is 4.52 Å². The lowest BCUT2D eigenvalue weighted by Gasteiger charge is -2.17. The standard InChI is InChI=1S/C17H23N3O4S/c1-12-16(13(2)24-19-12)11-20(4)17(21)10-7-14-5-8-15(9-6-14)25(22,23)18-3/h5-6,8-9,18H,7,10-11H2,1-4H3. The van der Waals surface area contributed by atoms with Crippen molar-refractivity contribution in [3.05, 3.63) is 46.8 Å². The average molecular weight is 365 g/mol. The lowest BCUT2D eigenvalue weighted by molar-refractivity contribution is -0.130. The van der Waals surface area contributed by atoms with Gasteiger partial charge in [-0.1, -0.05) is 17.3 Å². The number of sulfonamides is 1. The van der Waals surface area contributed by atoms with E-state index in [1.807, 2.05) is 13.8 Å². The number of carbonyl (C=O) groups excluding carboxylic acids is 1. The highest BCUT2D eigenvalue weighted by atomic mass is 32.2. The summed E-state index contributed by atoms with van der Waals surface area (Å²) in [4.78, 5) is 14.2. The molecule has 0 aliphatic heterocycles. The normalized spacial score (nSPS) is 11.5. The molecule has 1 aromatic heterocycles. The van der Waals surface area contributed by atoms with Gasteiger partial charge in [-0.2, -0.15) is 0 Å². The fourth-order valence-electron chi connectivity index (χ4n) is 2.45. The van der Waals surface area contributed by atoms with E-state index in [1.54, 1.807) is 36.2 Å². The van der Waals surface area contributed by atoms with Crippen molar-refractivity contribution in [1.29, 1.82) is 0 Å². The number of nitrogens with one attached hydrogen (secondary N) is 1. The van der Waals surface area contributed by atoms with Crippen molar-refractivity contribution in [3.63, 3.8) is 0 Å². The third-order valence-electron chi connectivity index (χ3n) is 4.13. The maximum Gasteiger partial charge on any atom is 0.240 e. The third-order valence-corrected chi connectivity index (χ3v) is 5.56. The Labute approximate surface area is 148 Å². The van der Waals surface area contributed by atoms with Crippen LogP contribution in [0.2, 0.25) is 0 Å². The first-order valence-corrected chi connectivity index (χ1v) is 9.41. The monoisotopic (exact) mass is 365 g/mol. The van der Waals surface area contributed by atoms with Gasteiger partial charge in [0.25, 0.3) is 0 Å². The Kier molecular flexibility index (Phi) is 5.97. The van der Waals surface area contributed by atoms with E-state index in [9.17, 15) is 13.2 Å². The summed E-state index contributed by atoms with van der Waals surface area (Å²) in [6, 6.07) is 6.54. The second-order valence-corrected chi connectivity index (χ2v) is 7.79. The molecule has 0 radical (unpaired) electrons. The van der Waals surface area contributed by atoms with Gasteiger partial charge in [-0.25, -0.2) is 13.1 Å². The number of aromatic nitrogens is 1. The molecule has 0 bridgehead atoms. The highest BCUT2D eigenvalue weighted by Crippen LogP contribution is 2.16. The van der Waals surface area contributed by atoms with Gasteiger partial charge >= 0.3 is 0 Å². The lowest BCUT2D eigenvalue weighted by Crippen LogP contribution is -2.26. The molecule has 0 spiro atoms. The summed E-state index contributed by atoms with van der Waals surface area (Å²) >= 11 is 0. The molecule has 1 amide bonds. The van der Waals surface area contributed by atoms with Crippen molar-refractivity contribution in [2.24, 2.45) is 0 Å². The number of carbonyl (C=O) groups is 1. The van der Waals surface area contributed by atoms with Crippen molar-refractivity contribution in [3.8, 4) is 0 Å². The van der Waals surface area contributed by atoms with E-state index in [-0.39, 0.29) is 10.8 Å². The lowest BCUT2D eigenvalue weighted by atomic mass is 10.1. The molecule has 0 aliphatic rings. The molecule has 1 heterocycles. The molecule has 1 aromatic carbocycles. The second kappa shape index (κ2) is 7.79. The first kappa shape index (κ1) is 19.1. The van der Waals surface area contributed by atoms with Crippen molar-refractivity contribution in [2.45, 2.75) is 38.1 Å². The molecule has 2 rings (SSSR count). The summed E-state index contributed by atoms with van der Waals surface area (Å²) in [7, 11) is -0.318. The van der Waals surface area contributed by atoms with Crippen LogP contribution in [0.25, 0.3) is 0 Å². The number of amides is 1. The van der Waals surface area contributed by atoms with E-state index in [0.717, 1.165) is 22.6 Å². The number of aryl methyl sites for hydroxylation is 3. The summed E-state index contributed by atoms with van der Waals surface area (Å²) in [5, 5.41) is 3.89. The summed E-state index contributed by atoms with van der Waals surface area (Å²) < 4.78 is 30.8. The maximum absolute atomic E-state index is 12.3. The highest BCUT2D eigenvalue weighted by Gasteiger charge is 2.16. The van der Waals surface area contributed by atoms with Gasteiger partial charge in [-0.05, 0) is 45.0 Å². The van der Waals surface area contributed by atoms with Crippen LogP contribution in [0.4, 0.5) is 0 Å². The van der Waals surface area contributed by atoms with Gasteiger partial charge in [-0.3, -0.25) is 4.79 Å². The fourth-order valence-corrected chi connectivity index (χ4v) is 3.18. The van der Waals surface area contributed by atoms with Crippen molar-refractivity contribution in [1.82, 2.24) is 14.8 Å². The van der Waals surface area contributed by atoms with Crippen molar-refractivity contribution in [2.75, 3.05) is 14.1 Å². The second-order valence-electron chi connectivity index (χ2n) is 5.90. The van der Waals surface area contributed by atoms with E-state index in [0.29, 0.717) is 19.4 Å². The highest BCUT2D eigenvalue weighted by molar-refractivity contribution is 7.89. The summed E-state index contributed by atoms with van der Waals surface area (Å²) in [5.41, 5.74) is 2.63. The van der Waals surface area contributed by atoms with Crippen LogP contribution in [0.15, 0.2) is 33.7 Å². The van der Waals surface area contributed by atoms with Crippen LogP contribution in [0, 0.1) is 13.8 Å². The van der Waals surface area contributed by atoms with Crippen molar-refractivity contribution >= 4 is 15.9 Å². The maximum atomic E-state index is 12.3. The van der Waals surface area contributed by atoms with Gasteiger partial charge in [0.1, 0.15) is 5.76 Å². The zero-order chi connectivity index (χ0) is 18.6. The molecule has 7 nitrogen and oxygen atoms in total. The minimum atomic E-state index is -3.44. The van der Waals surface area contributed by atoms with E-state index >= 15 is 0 Å². The minimum Gasteiger partial charge on any atom is -0.361 e. The molecular formula is C17H23N3O4S. The number of benzene rings is 1. The van der Waals surface area contributed by atoms with Crippen LogP contribution in [-0.2, 0) is 27.8 Å². The van der Waals surface area contributed by atoms with Gasteiger partial charge in [0.15, 0.2) is 0 Å². The average Bonchev–Trinajstić information content (AvgIpc) is 2.91. The van der Waals surface area contributed by atoms with Gasteiger partial charge in [-0.15, -0.1) is 0 Å². The summed E-state index contributed by atoms with van der Waals surface area (Å²) in [5.74, 6) is 0.727. The molecular weight excluding hydrogens is 342 g/mol. The Hall–Kier alpha value is -2.19. The van der Waals surface area contributed by atoms with Gasteiger partial charge < -0.3 is 9.42 Å². The van der Waals surface area contributed by atoms with Crippen LogP contribution in [0.3, 0.4) is 0 Å². The zero-order valence-electron chi connectivity index (χ0n) is 14.9. The number of rotatable bonds is 7. The van der Waals surface area contributed by atoms with Crippen molar-refractivity contribution < 1.29 is 17.7 Å². The van der Waals surface area contributed by atoms with Crippen LogP contribution < -0.4 is 4.72 Å².